The van der Waals surface area contributed by atoms with E-state index in [1.165, 1.54) is 0 Å². The van der Waals surface area contributed by atoms with Gasteiger partial charge in [0.2, 0.25) is 0 Å². The second-order valence-corrected chi connectivity index (χ2v) is 8.16. The van der Waals surface area contributed by atoms with Crippen LogP contribution >= 0.6 is 15.9 Å². The quantitative estimate of drug-likeness (QED) is 0.165. The number of aliphatic hydroxyl groups excluding tert-OH is 7. The summed E-state index contributed by atoms with van der Waals surface area (Å²) in [5.41, 5.74) is 0. The van der Waals surface area contributed by atoms with Gasteiger partial charge in [-0.3, -0.25) is 0 Å². The molecule has 15 heteroatoms. The van der Waals surface area contributed by atoms with Crippen LogP contribution in [0.5, 0.6) is 0 Å². The first-order chi connectivity index (χ1) is 10.8. The van der Waals surface area contributed by atoms with E-state index in [0.29, 0.717) is 19.3 Å². The van der Waals surface area contributed by atoms with Crippen LogP contribution in [0.2, 0.25) is 0 Å². The molecule has 2 aliphatic carbocycles. The van der Waals surface area contributed by atoms with Crippen molar-refractivity contribution in [3.8, 4) is 0 Å². The number of halogens is 1. The zero-order valence-corrected chi connectivity index (χ0v) is 51.7. The molecule has 0 heterocycles. The van der Waals surface area contributed by atoms with Gasteiger partial charge in [0.1, 0.15) is 6.10 Å². The molecule has 7 N–H and O–H groups in total. The molecule has 0 spiro atoms. The summed E-state index contributed by atoms with van der Waals surface area (Å²) in [6.07, 6.45) is -4.62. The molecule has 30 heavy (non-hydrogen) atoms. The zero-order chi connectivity index (χ0) is 17.3. The molecular formula is C15H27Ac7BrO7. The molecule has 2 saturated carbocycles. The monoisotopic (exact) mass is 1990 g/mol. The van der Waals surface area contributed by atoms with E-state index in [2.05, 4.69) is 15.9 Å². The van der Waals surface area contributed by atoms with E-state index in [0.717, 1.165) is 0 Å². The molecule has 2 fully saturated rings. The molecule has 2 aliphatic rings. The Morgan fingerprint density at radius 3 is 1.40 bits per heavy atom. The molecule has 0 aromatic carbocycles. The van der Waals surface area contributed by atoms with Crippen LogP contribution in [0, 0.1) is 332 Å². The van der Waals surface area contributed by atoms with Gasteiger partial charge >= 0.3 is 0 Å². The van der Waals surface area contributed by atoms with Crippen molar-refractivity contribution in [1.29, 1.82) is 0 Å². The fourth-order valence-electron chi connectivity index (χ4n) is 4.09. The van der Waals surface area contributed by atoms with Gasteiger partial charge in [-0.1, -0.05) is 15.9 Å². The maximum absolute atomic E-state index is 10.3. The van der Waals surface area contributed by atoms with Crippen LogP contribution in [0.25, 0.3) is 0 Å². The molecule has 0 amide bonds. The minimum absolute atomic E-state index is 0. The van der Waals surface area contributed by atoms with E-state index in [1.807, 2.05) is 0 Å². The van der Waals surface area contributed by atoms with Crippen LogP contribution in [-0.2, 0) is 0 Å². The van der Waals surface area contributed by atoms with Gasteiger partial charge in [0.25, 0.3) is 0 Å². The Morgan fingerprint density at radius 2 is 0.967 bits per heavy atom. The Morgan fingerprint density at radius 1 is 0.533 bits per heavy atom. The summed E-state index contributed by atoms with van der Waals surface area (Å²) in [6, 6.07) is 0. The summed E-state index contributed by atoms with van der Waals surface area (Å²) in [4.78, 5) is -0.306. The minimum atomic E-state index is -1.35. The standard InChI is InChI=1S/C15H27BrO7.7Ac/c16-10-3-7(4-17)9(13(21)14(10)22)2-6-1-8(5-18)12(20)15(23)11(6)19;;;;;;;/h6-15,17-23H,1-5H2;;;;;;;. The van der Waals surface area contributed by atoms with Crippen LogP contribution in [0.15, 0.2) is 0 Å². The molecule has 0 aromatic rings. The molecule has 0 saturated heterocycles. The van der Waals surface area contributed by atoms with Crippen molar-refractivity contribution in [2.24, 2.45) is 23.7 Å². The normalized spacial score (nSPS) is 39.6. The summed E-state index contributed by atoms with van der Waals surface area (Å²) in [6.45, 7) is -0.446. The first kappa shape index (κ1) is 52.9. The summed E-state index contributed by atoms with van der Waals surface area (Å²) in [5.74, 6) is -1.63. The average Bonchev–Trinajstić information content (AvgIpc) is 2.55. The van der Waals surface area contributed by atoms with E-state index < -0.39 is 48.3 Å². The van der Waals surface area contributed by atoms with Gasteiger partial charge in [-0.2, -0.15) is 0 Å². The van der Waals surface area contributed by atoms with Crippen LogP contribution in [0.1, 0.15) is 19.3 Å². The Balaban J connectivity index is -0.000000206. The number of rotatable bonds is 4. The van der Waals surface area contributed by atoms with E-state index in [4.69, 9.17) is 0 Å². The van der Waals surface area contributed by atoms with E-state index in [-0.39, 0.29) is 332 Å². The molecule has 7 radical (unpaired) electrons. The van der Waals surface area contributed by atoms with Crippen molar-refractivity contribution in [3.63, 3.8) is 0 Å². The molecule has 7 nitrogen and oxygen atoms in total. The van der Waals surface area contributed by atoms with Gasteiger partial charge in [0.05, 0.1) is 24.4 Å². The van der Waals surface area contributed by atoms with Crippen LogP contribution in [0.4, 0.5) is 0 Å². The number of alkyl halides is 1. The molecule has 10 atom stereocenters. The second kappa shape index (κ2) is 28.1. The predicted molar refractivity (Wildman–Crippen MR) is 84.7 cm³/mol. The summed E-state index contributed by atoms with van der Waals surface area (Å²) >= 11 is 3.30. The van der Waals surface area contributed by atoms with Crippen molar-refractivity contribution < 1.29 is 344 Å². The Labute approximate surface area is 438 Å². The fraction of sp³-hybridized carbons (Fsp3) is 1.00. The second-order valence-electron chi connectivity index (χ2n) is 6.99. The Bertz CT molecular complexity index is 404. The molecule has 157 valence electrons. The summed E-state index contributed by atoms with van der Waals surface area (Å²) in [5, 5.41) is 69.3. The number of hydrogen-bond donors (Lipinski definition) is 7. The fourth-order valence-corrected chi connectivity index (χ4v) is 4.88. The van der Waals surface area contributed by atoms with E-state index in [9.17, 15) is 35.7 Å². The Hall–Kier alpha value is 10.3. The van der Waals surface area contributed by atoms with E-state index >= 15 is 0 Å². The van der Waals surface area contributed by atoms with Crippen molar-refractivity contribution in [3.05, 3.63) is 0 Å². The van der Waals surface area contributed by atoms with Crippen molar-refractivity contribution in [2.75, 3.05) is 13.2 Å². The number of hydrogen-bond acceptors (Lipinski definition) is 7. The topological polar surface area (TPSA) is 142 Å². The third-order valence-electron chi connectivity index (χ3n) is 5.61. The van der Waals surface area contributed by atoms with Gasteiger partial charge < -0.3 is 35.7 Å². The maximum Gasteiger partial charge on any atom is 0.106 e. The first-order valence-corrected chi connectivity index (χ1v) is 8.99. The molecule has 0 aromatic heterocycles. The third kappa shape index (κ3) is 15.7. The summed E-state index contributed by atoms with van der Waals surface area (Å²) in [7, 11) is 0. The minimum Gasteiger partial charge on any atom is -0.396 e. The molecule has 0 aliphatic heterocycles. The van der Waals surface area contributed by atoms with Gasteiger partial charge in [-0.15, -0.1) is 0 Å². The molecule has 10 unspecified atom stereocenters. The molecule has 0 bridgehead atoms. The summed E-state index contributed by atoms with van der Waals surface area (Å²) < 4.78 is 0. The van der Waals surface area contributed by atoms with Gasteiger partial charge in [0, 0.05) is 332 Å². The maximum atomic E-state index is 10.3. The van der Waals surface area contributed by atoms with Crippen LogP contribution in [-0.4, -0.2) is 84.3 Å². The van der Waals surface area contributed by atoms with Gasteiger partial charge in [-0.25, -0.2) is 0 Å². The third-order valence-corrected chi connectivity index (χ3v) is 6.52. The molecule has 2 rings (SSSR count). The zero-order valence-electron chi connectivity index (χ0n) is 16.9. The van der Waals surface area contributed by atoms with E-state index in [1.54, 1.807) is 0 Å². The van der Waals surface area contributed by atoms with Crippen LogP contribution in [0.3, 0.4) is 0 Å². The van der Waals surface area contributed by atoms with Gasteiger partial charge in [0.15, 0.2) is 0 Å². The predicted octanol–water partition coefficient (Wildman–Crippen LogP) is -1.80. The molecular weight excluding hydrogens is 1960 g/mol. The van der Waals surface area contributed by atoms with Gasteiger partial charge in [-0.05, 0) is 37.0 Å². The first-order valence-electron chi connectivity index (χ1n) is 8.07. The number of aliphatic hydroxyl groups is 7. The van der Waals surface area contributed by atoms with Crippen molar-refractivity contribution in [1.82, 2.24) is 0 Å². The SMILES string of the molecule is OCC1CC(CC2C(CO)CC(Br)C(O)C2O)C(O)C(O)C1O.[Ac].[Ac].[Ac].[Ac].[Ac].[Ac].[Ac]. The average molecular weight is 1990 g/mol. The van der Waals surface area contributed by atoms with Crippen molar-refractivity contribution >= 4 is 15.9 Å². The largest absolute Gasteiger partial charge is 0.396 e. The smallest absolute Gasteiger partial charge is 0.106 e. The Kier molecular flexibility index (Phi) is 49.5. The van der Waals surface area contributed by atoms with Crippen molar-refractivity contribution in [2.45, 2.75) is 54.6 Å². The van der Waals surface area contributed by atoms with Crippen LogP contribution < -0.4 is 0 Å².